The van der Waals surface area contributed by atoms with Crippen molar-refractivity contribution in [3.63, 3.8) is 0 Å². The molecule has 164 valence electrons. The Labute approximate surface area is 186 Å². The molecule has 0 saturated carbocycles. The van der Waals surface area contributed by atoms with Crippen LogP contribution in [0, 0.1) is 6.92 Å². The van der Waals surface area contributed by atoms with Crippen LogP contribution < -0.4 is 5.32 Å². The number of pyridine rings is 2. The number of aryl methyl sites for hydroxylation is 1. The number of rotatable bonds is 5. The molecule has 4 rings (SSSR count). The minimum Gasteiger partial charge on any atom is -0.377 e. The van der Waals surface area contributed by atoms with Gasteiger partial charge in [-0.2, -0.15) is 13.2 Å². The fourth-order valence-corrected chi connectivity index (χ4v) is 3.29. The number of hydrogen-bond acceptors (Lipinski definition) is 6. The molecule has 4 aromatic rings. The van der Waals surface area contributed by atoms with Gasteiger partial charge in [-0.05, 0) is 55.0 Å². The minimum atomic E-state index is -4.56. The zero-order valence-electron chi connectivity index (χ0n) is 17.0. The van der Waals surface area contributed by atoms with Crippen molar-refractivity contribution in [3.05, 3.63) is 70.6 Å². The van der Waals surface area contributed by atoms with Crippen LogP contribution in [0.5, 0.6) is 0 Å². The zero-order chi connectivity index (χ0) is 22.9. The fraction of sp³-hybridized carbons (Fsp3) is 0.182. The van der Waals surface area contributed by atoms with Crippen LogP contribution in [0.2, 0.25) is 5.02 Å². The maximum Gasteiger partial charge on any atom is 0.418 e. The van der Waals surface area contributed by atoms with E-state index in [2.05, 4.69) is 25.3 Å². The summed E-state index contributed by atoms with van der Waals surface area (Å²) in [5, 5.41) is 4.37. The Morgan fingerprint density at radius 1 is 1.06 bits per heavy atom. The lowest BCUT2D eigenvalue weighted by molar-refractivity contribution is -0.137. The Balaban J connectivity index is 1.84. The van der Waals surface area contributed by atoms with E-state index in [1.54, 1.807) is 18.2 Å². The van der Waals surface area contributed by atoms with E-state index >= 15 is 0 Å². The van der Waals surface area contributed by atoms with Crippen molar-refractivity contribution < 1.29 is 17.9 Å². The van der Waals surface area contributed by atoms with E-state index in [9.17, 15) is 13.2 Å². The van der Waals surface area contributed by atoms with Gasteiger partial charge in [0.25, 0.3) is 0 Å². The molecule has 0 atom stereocenters. The maximum atomic E-state index is 13.5. The second kappa shape index (κ2) is 8.68. The van der Waals surface area contributed by atoms with E-state index in [1.165, 1.54) is 25.4 Å². The van der Waals surface area contributed by atoms with Crippen LogP contribution in [0.4, 0.5) is 24.7 Å². The number of alkyl halides is 3. The lowest BCUT2D eigenvalue weighted by Crippen LogP contribution is -2.09. The molecule has 0 amide bonds. The van der Waals surface area contributed by atoms with Gasteiger partial charge in [-0.1, -0.05) is 11.6 Å². The number of anilines is 2. The SMILES string of the molecule is COCc1nc(Nc2ccc(Cl)c(C)c2)c2ccc(-c3ncccc3C(F)(F)F)nc2n1. The molecule has 0 unspecified atom stereocenters. The number of benzene rings is 1. The third-order valence-electron chi connectivity index (χ3n) is 4.66. The van der Waals surface area contributed by atoms with Crippen LogP contribution >= 0.6 is 11.6 Å². The van der Waals surface area contributed by atoms with E-state index < -0.39 is 11.7 Å². The van der Waals surface area contributed by atoms with E-state index in [4.69, 9.17) is 16.3 Å². The fourth-order valence-electron chi connectivity index (χ4n) is 3.17. The number of aromatic nitrogens is 4. The maximum absolute atomic E-state index is 13.5. The summed E-state index contributed by atoms with van der Waals surface area (Å²) in [5.74, 6) is 0.773. The molecule has 0 aliphatic rings. The Bertz CT molecular complexity index is 1300. The van der Waals surface area contributed by atoms with E-state index in [1.807, 2.05) is 13.0 Å². The molecule has 0 fully saturated rings. The Morgan fingerprint density at radius 2 is 1.88 bits per heavy atom. The lowest BCUT2D eigenvalue weighted by atomic mass is 10.1. The molecule has 10 heteroatoms. The van der Waals surface area contributed by atoms with Crippen molar-refractivity contribution >= 4 is 34.1 Å². The first-order chi connectivity index (χ1) is 15.3. The highest BCUT2D eigenvalue weighted by atomic mass is 35.5. The number of fused-ring (bicyclic) bond motifs is 1. The minimum absolute atomic E-state index is 0.0563. The predicted octanol–water partition coefficient (Wildman–Crippen LogP) is 5.96. The van der Waals surface area contributed by atoms with Crippen molar-refractivity contribution in [3.8, 4) is 11.4 Å². The highest BCUT2D eigenvalue weighted by molar-refractivity contribution is 6.31. The molecule has 6 nitrogen and oxygen atoms in total. The molecule has 0 saturated heterocycles. The summed E-state index contributed by atoms with van der Waals surface area (Å²) in [6, 6.07) is 10.7. The molecule has 0 spiro atoms. The summed E-state index contributed by atoms with van der Waals surface area (Å²) in [5.41, 5.74) is 0.757. The van der Waals surface area contributed by atoms with Gasteiger partial charge < -0.3 is 10.1 Å². The predicted molar refractivity (Wildman–Crippen MR) is 116 cm³/mol. The third kappa shape index (κ3) is 4.49. The molecular formula is C22H17ClF3N5O. The van der Waals surface area contributed by atoms with Crippen LogP contribution in [-0.4, -0.2) is 27.0 Å². The van der Waals surface area contributed by atoms with E-state index in [0.717, 1.165) is 17.3 Å². The Kier molecular flexibility index (Phi) is 5.94. The van der Waals surface area contributed by atoms with E-state index in [-0.39, 0.29) is 23.6 Å². The first kappa shape index (κ1) is 21.9. The summed E-state index contributed by atoms with van der Waals surface area (Å²) in [7, 11) is 1.50. The van der Waals surface area contributed by atoms with Crippen LogP contribution in [0.3, 0.4) is 0 Å². The standard InChI is InChI=1S/C22H17ClF3N5O/c1-12-10-13(5-7-16(12)23)28-20-14-6-8-17(29-21(14)31-18(30-20)11-32-2)19-15(22(24,25)26)4-3-9-27-19/h3-10H,11H2,1-2H3,(H,28,29,30,31). The molecule has 1 aromatic carbocycles. The van der Waals surface area contributed by atoms with Crippen molar-refractivity contribution in [2.45, 2.75) is 19.7 Å². The molecule has 1 N–H and O–H groups in total. The van der Waals surface area contributed by atoms with Gasteiger partial charge >= 0.3 is 6.18 Å². The number of halogens is 4. The smallest absolute Gasteiger partial charge is 0.377 e. The molecule has 0 aliphatic carbocycles. The Hall–Kier alpha value is -3.30. The quantitative estimate of drug-likeness (QED) is 0.397. The zero-order valence-corrected chi connectivity index (χ0v) is 17.8. The number of ether oxygens (including phenoxy) is 1. The van der Waals surface area contributed by atoms with E-state index in [0.29, 0.717) is 22.1 Å². The topological polar surface area (TPSA) is 72.8 Å². The summed E-state index contributed by atoms with van der Waals surface area (Å²) >= 11 is 6.10. The van der Waals surface area contributed by atoms with Gasteiger partial charge in [0, 0.05) is 24.0 Å². The van der Waals surface area contributed by atoms with Gasteiger partial charge in [-0.3, -0.25) is 4.98 Å². The van der Waals surface area contributed by atoms with Gasteiger partial charge in [-0.25, -0.2) is 15.0 Å². The van der Waals surface area contributed by atoms with Crippen LogP contribution in [-0.2, 0) is 17.5 Å². The van der Waals surface area contributed by atoms with Gasteiger partial charge in [0.1, 0.15) is 18.1 Å². The van der Waals surface area contributed by atoms with Gasteiger partial charge in [-0.15, -0.1) is 0 Å². The molecule has 0 bridgehead atoms. The highest BCUT2D eigenvalue weighted by Crippen LogP contribution is 2.36. The molecule has 3 aromatic heterocycles. The first-order valence-electron chi connectivity index (χ1n) is 9.48. The van der Waals surface area contributed by atoms with Crippen molar-refractivity contribution in [1.82, 2.24) is 19.9 Å². The second-order valence-electron chi connectivity index (χ2n) is 6.98. The highest BCUT2D eigenvalue weighted by Gasteiger charge is 2.34. The molecule has 32 heavy (non-hydrogen) atoms. The van der Waals surface area contributed by atoms with Crippen molar-refractivity contribution in [1.29, 1.82) is 0 Å². The van der Waals surface area contributed by atoms with Gasteiger partial charge in [0.2, 0.25) is 0 Å². The molecule has 0 radical (unpaired) electrons. The number of nitrogens with zero attached hydrogens (tertiary/aromatic N) is 4. The van der Waals surface area contributed by atoms with Gasteiger partial charge in [0.05, 0.1) is 16.6 Å². The lowest BCUT2D eigenvalue weighted by Gasteiger charge is -2.13. The number of hydrogen-bond donors (Lipinski definition) is 1. The molecule has 3 heterocycles. The monoisotopic (exact) mass is 459 g/mol. The van der Waals surface area contributed by atoms with Gasteiger partial charge in [0.15, 0.2) is 11.5 Å². The molecular weight excluding hydrogens is 443 g/mol. The van der Waals surface area contributed by atoms with Crippen LogP contribution in [0.1, 0.15) is 17.0 Å². The summed E-state index contributed by atoms with van der Waals surface area (Å²) < 4.78 is 45.5. The van der Waals surface area contributed by atoms with Crippen molar-refractivity contribution in [2.75, 3.05) is 12.4 Å². The normalized spacial score (nSPS) is 11.7. The summed E-state index contributed by atoms with van der Waals surface area (Å²) in [4.78, 5) is 17.1. The summed E-state index contributed by atoms with van der Waals surface area (Å²) in [6.07, 6.45) is -3.27. The average Bonchev–Trinajstić information content (AvgIpc) is 2.75. The van der Waals surface area contributed by atoms with Crippen LogP contribution in [0.25, 0.3) is 22.4 Å². The summed E-state index contributed by atoms with van der Waals surface area (Å²) in [6.45, 7) is 1.98. The number of methoxy groups -OCH3 is 1. The van der Waals surface area contributed by atoms with Crippen LogP contribution in [0.15, 0.2) is 48.7 Å². The Morgan fingerprint density at radius 3 is 2.59 bits per heavy atom. The molecule has 0 aliphatic heterocycles. The van der Waals surface area contributed by atoms with Crippen molar-refractivity contribution in [2.24, 2.45) is 0 Å². The number of nitrogens with one attached hydrogen (secondary N) is 1. The largest absolute Gasteiger partial charge is 0.418 e. The first-order valence-corrected chi connectivity index (χ1v) is 9.86. The second-order valence-corrected chi connectivity index (χ2v) is 7.38. The average molecular weight is 460 g/mol. The third-order valence-corrected chi connectivity index (χ3v) is 5.08.